The molecule has 1 atom stereocenters. The van der Waals surface area contributed by atoms with Gasteiger partial charge in [0.05, 0.1) is 17.2 Å². The van der Waals surface area contributed by atoms with E-state index in [2.05, 4.69) is 9.97 Å². The first kappa shape index (κ1) is 14.8. The molecule has 6 nitrogen and oxygen atoms in total. The van der Waals surface area contributed by atoms with Gasteiger partial charge in [0.15, 0.2) is 0 Å². The Morgan fingerprint density at radius 1 is 1.00 bits per heavy atom. The number of carbonyl (C=O) groups is 1. The lowest BCUT2D eigenvalue weighted by Gasteiger charge is -2.18. The van der Waals surface area contributed by atoms with Crippen LogP contribution >= 0.6 is 0 Å². The summed E-state index contributed by atoms with van der Waals surface area (Å²) < 4.78 is 11.1. The minimum Gasteiger partial charge on any atom is -0.481 e. The number of rotatable bonds is 6. The highest BCUT2D eigenvalue weighted by Gasteiger charge is 2.18. The summed E-state index contributed by atoms with van der Waals surface area (Å²) in [4.78, 5) is 19.5. The number of carboxylic acids is 1. The molecule has 2 aromatic carbocycles. The topological polar surface area (TPSA) is 81.5 Å². The lowest BCUT2D eigenvalue weighted by molar-refractivity contribution is -0.142. The second kappa shape index (κ2) is 6.74. The van der Waals surface area contributed by atoms with E-state index in [0.29, 0.717) is 11.3 Å². The first-order valence-electron chi connectivity index (χ1n) is 7.02. The maximum Gasteiger partial charge on any atom is 0.310 e. The molecule has 0 spiro atoms. The van der Waals surface area contributed by atoms with Crippen molar-refractivity contribution in [1.82, 2.24) is 9.97 Å². The van der Waals surface area contributed by atoms with E-state index in [4.69, 9.17) is 14.6 Å². The number of carboxylic acid groups (broad SMARTS) is 1. The van der Waals surface area contributed by atoms with E-state index in [1.807, 2.05) is 24.3 Å². The molecule has 0 aliphatic heterocycles. The maximum absolute atomic E-state index is 11.0. The first-order chi connectivity index (χ1) is 11.2. The van der Waals surface area contributed by atoms with Crippen LogP contribution in [-0.4, -0.2) is 27.3 Å². The molecule has 0 bridgehead atoms. The van der Waals surface area contributed by atoms with E-state index < -0.39 is 12.3 Å². The minimum atomic E-state index is -1.03. The number of fused-ring (bicyclic) bond motifs is 1. The van der Waals surface area contributed by atoms with E-state index >= 15 is 0 Å². The smallest absolute Gasteiger partial charge is 0.310 e. The molecule has 1 unspecified atom stereocenters. The van der Waals surface area contributed by atoms with Crippen LogP contribution in [0.3, 0.4) is 0 Å². The summed E-state index contributed by atoms with van der Waals surface area (Å²) in [5.41, 5.74) is 1.40. The molecule has 0 saturated heterocycles. The maximum atomic E-state index is 11.0. The van der Waals surface area contributed by atoms with Crippen LogP contribution in [0.25, 0.3) is 11.0 Å². The summed E-state index contributed by atoms with van der Waals surface area (Å²) in [5, 5.41) is 9.02. The molecule has 1 heterocycles. The quantitative estimate of drug-likeness (QED) is 0.705. The Kier molecular flexibility index (Phi) is 4.33. The Labute approximate surface area is 132 Å². The van der Waals surface area contributed by atoms with Gasteiger partial charge < -0.3 is 14.6 Å². The van der Waals surface area contributed by atoms with Crippen molar-refractivity contribution in [2.75, 3.05) is 0 Å². The number of para-hydroxylation sites is 3. The molecule has 0 amide bonds. The average molecular weight is 310 g/mol. The summed E-state index contributed by atoms with van der Waals surface area (Å²) in [6, 6.07) is 16.2. The summed E-state index contributed by atoms with van der Waals surface area (Å²) in [6.45, 7) is 0. The molecule has 0 aliphatic carbocycles. The summed E-state index contributed by atoms with van der Waals surface area (Å²) >= 11 is 0. The molecule has 23 heavy (non-hydrogen) atoms. The second-order valence-corrected chi connectivity index (χ2v) is 4.77. The zero-order chi connectivity index (χ0) is 16.1. The molecular formula is C17H14N2O4. The molecule has 1 aromatic heterocycles. The van der Waals surface area contributed by atoms with Crippen LogP contribution in [0, 0.1) is 0 Å². The Hall–Kier alpha value is -3.15. The highest BCUT2D eigenvalue weighted by molar-refractivity contribution is 5.74. The molecule has 116 valence electrons. The zero-order valence-electron chi connectivity index (χ0n) is 12.1. The molecule has 0 radical (unpaired) electrons. The van der Waals surface area contributed by atoms with Crippen LogP contribution in [0.5, 0.6) is 11.6 Å². The fourth-order valence-electron chi connectivity index (χ4n) is 2.03. The van der Waals surface area contributed by atoms with Gasteiger partial charge in [0.2, 0.25) is 5.88 Å². The number of hydrogen-bond donors (Lipinski definition) is 1. The van der Waals surface area contributed by atoms with Crippen LogP contribution in [0.1, 0.15) is 6.42 Å². The van der Waals surface area contributed by atoms with Gasteiger partial charge in [0, 0.05) is 0 Å². The highest BCUT2D eigenvalue weighted by Crippen LogP contribution is 2.18. The van der Waals surface area contributed by atoms with Crippen molar-refractivity contribution in [2.24, 2.45) is 0 Å². The van der Waals surface area contributed by atoms with Crippen LogP contribution < -0.4 is 9.47 Å². The Morgan fingerprint density at radius 2 is 1.70 bits per heavy atom. The fourth-order valence-corrected chi connectivity index (χ4v) is 2.03. The largest absolute Gasteiger partial charge is 0.481 e. The molecule has 6 heteroatoms. The van der Waals surface area contributed by atoms with Gasteiger partial charge in [-0.2, -0.15) is 0 Å². The second-order valence-electron chi connectivity index (χ2n) is 4.77. The van der Waals surface area contributed by atoms with E-state index in [0.717, 1.165) is 5.52 Å². The van der Waals surface area contributed by atoms with Gasteiger partial charge >= 0.3 is 5.97 Å². The van der Waals surface area contributed by atoms with Crippen LogP contribution in [-0.2, 0) is 4.79 Å². The van der Waals surface area contributed by atoms with Gasteiger partial charge in [0.25, 0.3) is 6.29 Å². The first-order valence-corrected chi connectivity index (χ1v) is 7.02. The Morgan fingerprint density at radius 3 is 2.43 bits per heavy atom. The number of aromatic nitrogens is 2. The highest BCUT2D eigenvalue weighted by atomic mass is 16.7. The number of aliphatic carboxylic acids is 1. The van der Waals surface area contributed by atoms with E-state index in [9.17, 15) is 4.79 Å². The fraction of sp³-hybridized carbons (Fsp3) is 0.118. The number of ether oxygens (including phenoxy) is 2. The van der Waals surface area contributed by atoms with Crippen LogP contribution in [0.4, 0.5) is 0 Å². The van der Waals surface area contributed by atoms with Crippen LogP contribution in [0.2, 0.25) is 0 Å². The standard InChI is InChI=1S/C17H14N2O4/c20-16(21)10-17(22-12-6-2-1-3-7-12)23-15-11-18-13-8-4-5-9-14(13)19-15/h1-9,11,17H,10H2,(H,20,21). The number of benzene rings is 2. The predicted molar refractivity (Wildman–Crippen MR) is 83.3 cm³/mol. The van der Waals surface area contributed by atoms with Crippen molar-refractivity contribution in [2.45, 2.75) is 12.7 Å². The number of nitrogens with zero attached hydrogens (tertiary/aromatic N) is 2. The summed E-state index contributed by atoms with van der Waals surface area (Å²) in [6.07, 6.45) is 0.139. The van der Waals surface area contributed by atoms with Gasteiger partial charge in [-0.3, -0.25) is 4.79 Å². The average Bonchev–Trinajstić information content (AvgIpc) is 2.55. The lowest BCUT2D eigenvalue weighted by atomic mass is 10.3. The SMILES string of the molecule is O=C(O)CC(Oc1ccccc1)Oc1cnc2ccccc2n1. The normalized spacial score (nSPS) is 11.8. The van der Waals surface area contributed by atoms with Crippen molar-refractivity contribution in [3.05, 3.63) is 60.8 Å². The third kappa shape index (κ3) is 3.94. The van der Waals surface area contributed by atoms with Gasteiger partial charge in [-0.1, -0.05) is 30.3 Å². The van der Waals surface area contributed by atoms with E-state index in [1.165, 1.54) is 6.20 Å². The van der Waals surface area contributed by atoms with Crippen LogP contribution in [0.15, 0.2) is 60.8 Å². The Balaban J connectivity index is 1.80. The Bertz CT molecular complexity index is 808. The molecule has 1 N–H and O–H groups in total. The third-order valence-electron chi connectivity index (χ3n) is 3.03. The molecule has 3 rings (SSSR count). The number of hydrogen-bond acceptors (Lipinski definition) is 5. The molecule has 0 fully saturated rings. The summed E-state index contributed by atoms with van der Waals surface area (Å²) in [5.74, 6) is -0.293. The van der Waals surface area contributed by atoms with Crippen molar-refractivity contribution in [3.63, 3.8) is 0 Å². The van der Waals surface area contributed by atoms with E-state index in [1.54, 1.807) is 30.3 Å². The van der Waals surface area contributed by atoms with Crippen molar-refractivity contribution in [1.29, 1.82) is 0 Å². The molecule has 3 aromatic rings. The minimum absolute atomic E-state index is 0.214. The predicted octanol–water partition coefficient (Wildman–Crippen LogP) is 2.89. The lowest BCUT2D eigenvalue weighted by Crippen LogP contribution is -2.27. The molecule has 0 aliphatic rings. The zero-order valence-corrected chi connectivity index (χ0v) is 12.1. The van der Waals surface area contributed by atoms with Crippen molar-refractivity contribution < 1.29 is 19.4 Å². The van der Waals surface area contributed by atoms with Gasteiger partial charge in [0.1, 0.15) is 12.2 Å². The van der Waals surface area contributed by atoms with Gasteiger partial charge in [-0.25, -0.2) is 9.97 Å². The van der Waals surface area contributed by atoms with Crippen molar-refractivity contribution >= 4 is 17.0 Å². The third-order valence-corrected chi connectivity index (χ3v) is 3.03. The van der Waals surface area contributed by atoms with Gasteiger partial charge in [-0.05, 0) is 24.3 Å². The molecular weight excluding hydrogens is 296 g/mol. The molecule has 0 saturated carbocycles. The van der Waals surface area contributed by atoms with Crippen molar-refractivity contribution in [3.8, 4) is 11.6 Å². The monoisotopic (exact) mass is 310 g/mol. The summed E-state index contributed by atoms with van der Waals surface area (Å²) in [7, 11) is 0. The van der Waals surface area contributed by atoms with Gasteiger partial charge in [-0.15, -0.1) is 0 Å². The van der Waals surface area contributed by atoms with E-state index in [-0.39, 0.29) is 12.3 Å².